The van der Waals surface area contributed by atoms with Crippen LogP contribution in [0, 0.1) is 0 Å². The molecule has 0 fully saturated rings. The Hall–Kier alpha value is -3.60. The van der Waals surface area contributed by atoms with Crippen LogP contribution in [0.5, 0.6) is 5.75 Å². The van der Waals surface area contributed by atoms with Crippen LogP contribution in [-0.4, -0.2) is 10.1 Å². The van der Waals surface area contributed by atoms with Gasteiger partial charge in [-0.3, -0.25) is 0 Å². The lowest BCUT2D eigenvalue weighted by Gasteiger charge is -2.07. The molecule has 2 N–H and O–H groups in total. The zero-order valence-electron chi connectivity index (χ0n) is 14.7. The smallest absolute Gasteiger partial charge is 0.170 e. The topological polar surface area (TPSA) is 74.2 Å². The summed E-state index contributed by atoms with van der Waals surface area (Å²) < 4.78 is 11.3. The Balaban J connectivity index is 1.45. The highest BCUT2D eigenvalue weighted by molar-refractivity contribution is 5.69. The lowest BCUT2D eigenvalue weighted by atomic mass is 10.1. The molecule has 0 atom stereocenters. The Bertz CT molecular complexity index is 1030. The summed E-state index contributed by atoms with van der Waals surface area (Å²) >= 11 is 0. The van der Waals surface area contributed by atoms with Crippen LogP contribution < -0.4 is 10.5 Å². The summed E-state index contributed by atoms with van der Waals surface area (Å²) in [5.74, 6) is 1.88. The van der Waals surface area contributed by atoms with Crippen molar-refractivity contribution in [3.63, 3.8) is 0 Å². The molecular formula is C22H19N3O2. The zero-order chi connectivity index (χ0) is 18.5. The monoisotopic (exact) mass is 357 g/mol. The number of benzene rings is 2. The van der Waals surface area contributed by atoms with Gasteiger partial charge in [0.1, 0.15) is 18.2 Å². The van der Waals surface area contributed by atoms with Crippen molar-refractivity contribution in [1.82, 2.24) is 10.1 Å². The van der Waals surface area contributed by atoms with Crippen molar-refractivity contribution in [3.05, 3.63) is 95.8 Å². The maximum Gasteiger partial charge on any atom is 0.170 e. The number of hydrogen-bond donors (Lipinski definition) is 1. The number of rotatable bonds is 6. The van der Waals surface area contributed by atoms with E-state index in [4.69, 9.17) is 15.0 Å². The fourth-order valence-electron chi connectivity index (χ4n) is 2.84. The Labute approximate surface area is 157 Å². The number of pyridine rings is 1. The minimum absolute atomic E-state index is 0.427. The van der Waals surface area contributed by atoms with Gasteiger partial charge in [-0.1, -0.05) is 47.6 Å². The van der Waals surface area contributed by atoms with Crippen LogP contribution in [0.1, 0.15) is 16.8 Å². The molecule has 0 aliphatic rings. The minimum Gasteiger partial charge on any atom is -0.489 e. The molecular weight excluding hydrogens is 338 g/mol. The Morgan fingerprint density at radius 1 is 0.889 bits per heavy atom. The lowest BCUT2D eigenvalue weighted by molar-refractivity contribution is 0.306. The second kappa shape index (κ2) is 7.74. The normalized spacial score (nSPS) is 10.7. The van der Waals surface area contributed by atoms with Crippen LogP contribution >= 0.6 is 0 Å². The van der Waals surface area contributed by atoms with Gasteiger partial charge in [0, 0.05) is 18.7 Å². The molecule has 2 aromatic heterocycles. The maximum absolute atomic E-state index is 5.90. The highest BCUT2D eigenvalue weighted by atomic mass is 16.5. The fourth-order valence-corrected chi connectivity index (χ4v) is 2.84. The van der Waals surface area contributed by atoms with Crippen LogP contribution in [0.4, 0.5) is 5.82 Å². The number of nitrogens with zero attached hydrogens (tertiary/aromatic N) is 2. The largest absolute Gasteiger partial charge is 0.489 e. The van der Waals surface area contributed by atoms with Crippen molar-refractivity contribution >= 4 is 5.82 Å². The van der Waals surface area contributed by atoms with Gasteiger partial charge in [-0.2, -0.15) is 0 Å². The van der Waals surface area contributed by atoms with E-state index in [1.807, 2.05) is 72.8 Å². The predicted octanol–water partition coefficient (Wildman–Crippen LogP) is 4.49. The van der Waals surface area contributed by atoms with Gasteiger partial charge in [0.2, 0.25) is 0 Å². The highest BCUT2D eigenvalue weighted by Crippen LogP contribution is 2.25. The second-order valence-electron chi connectivity index (χ2n) is 6.22. The second-order valence-corrected chi connectivity index (χ2v) is 6.22. The van der Waals surface area contributed by atoms with Crippen molar-refractivity contribution in [3.8, 4) is 17.1 Å². The van der Waals surface area contributed by atoms with Crippen LogP contribution in [0.3, 0.4) is 0 Å². The summed E-state index contributed by atoms with van der Waals surface area (Å²) in [6, 6.07) is 23.7. The van der Waals surface area contributed by atoms with Crippen molar-refractivity contribution < 1.29 is 9.26 Å². The Morgan fingerprint density at radius 2 is 1.74 bits per heavy atom. The third kappa shape index (κ3) is 4.15. The molecule has 0 aliphatic carbocycles. The third-order valence-electron chi connectivity index (χ3n) is 4.19. The average Bonchev–Trinajstić information content (AvgIpc) is 3.16. The molecule has 2 heterocycles. The third-order valence-corrected chi connectivity index (χ3v) is 4.19. The number of aromatic nitrogens is 2. The molecule has 2 aromatic carbocycles. The van der Waals surface area contributed by atoms with Gasteiger partial charge in [0.15, 0.2) is 5.76 Å². The number of ether oxygens (including phenoxy) is 1. The molecule has 5 heteroatoms. The molecule has 134 valence electrons. The molecule has 0 saturated carbocycles. The zero-order valence-corrected chi connectivity index (χ0v) is 14.7. The van der Waals surface area contributed by atoms with E-state index in [-0.39, 0.29) is 0 Å². The van der Waals surface area contributed by atoms with Crippen molar-refractivity contribution in [1.29, 1.82) is 0 Å². The van der Waals surface area contributed by atoms with Crippen LogP contribution in [0.15, 0.2) is 83.5 Å². The van der Waals surface area contributed by atoms with E-state index < -0.39 is 0 Å². The molecule has 0 unspecified atom stereocenters. The van der Waals surface area contributed by atoms with Gasteiger partial charge < -0.3 is 15.0 Å². The van der Waals surface area contributed by atoms with Gasteiger partial charge in [-0.25, -0.2) is 4.98 Å². The van der Waals surface area contributed by atoms with E-state index in [0.717, 1.165) is 28.1 Å². The van der Waals surface area contributed by atoms with Gasteiger partial charge >= 0.3 is 0 Å². The Kier molecular flexibility index (Phi) is 4.83. The molecule has 0 radical (unpaired) electrons. The van der Waals surface area contributed by atoms with E-state index in [2.05, 4.69) is 10.1 Å². The standard InChI is InChI=1S/C22H19N3O2/c23-22-20(10-5-11-24-22)21-14-18(25-27-21)12-17-8-4-9-19(13-17)26-15-16-6-2-1-3-7-16/h1-11,13-14H,12,15H2,(H2,23,24). The van der Waals surface area contributed by atoms with Crippen LogP contribution in [-0.2, 0) is 13.0 Å². The first-order valence-corrected chi connectivity index (χ1v) is 8.70. The average molecular weight is 357 g/mol. The first kappa shape index (κ1) is 16.8. The minimum atomic E-state index is 0.427. The summed E-state index contributed by atoms with van der Waals surface area (Å²) in [4.78, 5) is 4.08. The summed E-state index contributed by atoms with van der Waals surface area (Å²) in [6.07, 6.45) is 2.29. The van der Waals surface area contributed by atoms with Gasteiger partial charge in [-0.05, 0) is 35.4 Å². The number of nitrogen functional groups attached to an aromatic ring is 1. The van der Waals surface area contributed by atoms with Crippen molar-refractivity contribution in [2.24, 2.45) is 0 Å². The number of nitrogens with two attached hydrogens (primary N) is 1. The summed E-state index contributed by atoms with van der Waals surface area (Å²) in [6.45, 7) is 0.540. The molecule has 0 saturated heterocycles. The maximum atomic E-state index is 5.90. The number of anilines is 1. The van der Waals surface area contributed by atoms with Crippen LogP contribution in [0.2, 0.25) is 0 Å². The summed E-state index contributed by atoms with van der Waals surface area (Å²) in [5, 5.41) is 4.15. The van der Waals surface area contributed by atoms with Gasteiger partial charge in [-0.15, -0.1) is 0 Å². The SMILES string of the molecule is Nc1ncccc1-c1cc(Cc2cccc(OCc3ccccc3)c2)no1. The highest BCUT2D eigenvalue weighted by Gasteiger charge is 2.11. The molecule has 27 heavy (non-hydrogen) atoms. The quantitative estimate of drug-likeness (QED) is 0.550. The van der Waals surface area contributed by atoms with Gasteiger partial charge in [0.25, 0.3) is 0 Å². The van der Waals surface area contributed by atoms with Crippen LogP contribution in [0.25, 0.3) is 11.3 Å². The molecule has 4 aromatic rings. The van der Waals surface area contributed by atoms with E-state index in [1.165, 1.54) is 0 Å². The van der Waals surface area contributed by atoms with E-state index >= 15 is 0 Å². The van der Waals surface area contributed by atoms with Gasteiger partial charge in [0.05, 0.1) is 11.3 Å². The van der Waals surface area contributed by atoms with E-state index in [1.54, 1.807) is 6.20 Å². The molecule has 0 amide bonds. The number of hydrogen-bond acceptors (Lipinski definition) is 5. The molecule has 0 bridgehead atoms. The van der Waals surface area contributed by atoms with Crippen molar-refractivity contribution in [2.45, 2.75) is 13.0 Å². The van der Waals surface area contributed by atoms with E-state index in [9.17, 15) is 0 Å². The lowest BCUT2D eigenvalue weighted by Crippen LogP contribution is -1.96. The summed E-state index contributed by atoms with van der Waals surface area (Å²) in [7, 11) is 0. The molecule has 5 nitrogen and oxygen atoms in total. The molecule has 0 aliphatic heterocycles. The first-order chi connectivity index (χ1) is 13.3. The predicted molar refractivity (Wildman–Crippen MR) is 104 cm³/mol. The first-order valence-electron chi connectivity index (χ1n) is 8.70. The van der Waals surface area contributed by atoms with Crippen molar-refractivity contribution in [2.75, 3.05) is 5.73 Å². The molecule has 4 rings (SSSR count). The Morgan fingerprint density at radius 3 is 2.59 bits per heavy atom. The van der Waals surface area contributed by atoms with E-state index in [0.29, 0.717) is 24.6 Å². The summed E-state index contributed by atoms with van der Waals surface area (Å²) in [5.41, 5.74) is 9.71. The fraction of sp³-hybridized carbons (Fsp3) is 0.0909. The molecule has 0 spiro atoms.